The molecular formula is C25H21BrN6O2S. The number of likely N-dealkylation sites (tertiary alicyclic amines) is 1. The Bertz CT molecular complexity index is 1470. The summed E-state index contributed by atoms with van der Waals surface area (Å²) in [5.41, 5.74) is 6.34. The van der Waals surface area contributed by atoms with Crippen molar-refractivity contribution < 1.29 is 9.59 Å². The average Bonchev–Trinajstić information content (AvgIpc) is 3.39. The highest BCUT2D eigenvalue weighted by molar-refractivity contribution is 9.10. The van der Waals surface area contributed by atoms with Gasteiger partial charge < -0.3 is 10.2 Å². The highest BCUT2D eigenvalue weighted by Gasteiger charge is 2.31. The molecule has 0 radical (unpaired) electrons. The Balaban J connectivity index is 1.51. The molecule has 10 heteroatoms. The van der Waals surface area contributed by atoms with Gasteiger partial charge in [0, 0.05) is 53.6 Å². The quantitative estimate of drug-likeness (QED) is 0.398. The Morgan fingerprint density at radius 1 is 1.17 bits per heavy atom. The van der Waals surface area contributed by atoms with Crippen LogP contribution >= 0.6 is 27.3 Å². The van der Waals surface area contributed by atoms with Crippen LogP contribution in [-0.4, -0.2) is 49.6 Å². The van der Waals surface area contributed by atoms with Gasteiger partial charge in [0.15, 0.2) is 5.13 Å². The fourth-order valence-electron chi connectivity index (χ4n) is 4.50. The standard InChI is InChI=1S/C25H21BrN6O2S/c1-14(33)28-25-29-19-7-6-17-21(16-4-2-9-27-13-16)30-32(22(17)23(19)35-25)20-8-5-15(12-18(20)26)24(34)31-10-3-11-31/h2,4-5,8-9,12-13H,3,6-7,10-11H2,1H3,(H,28,29,33). The summed E-state index contributed by atoms with van der Waals surface area (Å²) < 4.78 is 2.71. The molecule has 0 saturated carbocycles. The van der Waals surface area contributed by atoms with Gasteiger partial charge in [-0.1, -0.05) is 11.3 Å². The van der Waals surface area contributed by atoms with Crippen LogP contribution in [0.5, 0.6) is 0 Å². The van der Waals surface area contributed by atoms with E-state index in [1.165, 1.54) is 18.3 Å². The summed E-state index contributed by atoms with van der Waals surface area (Å²) in [6.07, 6.45) is 6.17. The molecule has 0 spiro atoms. The van der Waals surface area contributed by atoms with E-state index in [-0.39, 0.29) is 11.8 Å². The number of pyridine rings is 1. The van der Waals surface area contributed by atoms with Gasteiger partial charge in [-0.15, -0.1) is 0 Å². The Morgan fingerprint density at radius 2 is 2.03 bits per heavy atom. The second-order valence-electron chi connectivity index (χ2n) is 8.62. The maximum Gasteiger partial charge on any atom is 0.253 e. The lowest BCUT2D eigenvalue weighted by Gasteiger charge is -2.31. The van der Waals surface area contributed by atoms with Gasteiger partial charge in [0.05, 0.1) is 27.6 Å². The first kappa shape index (κ1) is 22.1. The molecule has 1 fully saturated rings. The highest BCUT2D eigenvalue weighted by atomic mass is 79.9. The zero-order valence-electron chi connectivity index (χ0n) is 18.9. The SMILES string of the molecule is CC(=O)Nc1nc2c(s1)-c1c(c(-c3cccnc3)nn1-c1ccc(C(=O)N3CCC3)cc1Br)CC2. The number of rotatable bonds is 4. The number of aryl methyl sites for hydroxylation is 1. The molecular weight excluding hydrogens is 528 g/mol. The monoisotopic (exact) mass is 548 g/mol. The molecule has 1 saturated heterocycles. The summed E-state index contributed by atoms with van der Waals surface area (Å²) in [6.45, 7) is 3.10. The minimum absolute atomic E-state index is 0.0479. The number of thiazole rings is 1. The summed E-state index contributed by atoms with van der Waals surface area (Å²) in [6, 6.07) is 9.57. The summed E-state index contributed by atoms with van der Waals surface area (Å²) in [5, 5.41) is 8.45. The number of aromatic nitrogens is 4. The Hall–Kier alpha value is -3.37. The van der Waals surface area contributed by atoms with Gasteiger partial charge in [-0.25, -0.2) is 9.67 Å². The number of nitrogens with one attached hydrogen (secondary N) is 1. The lowest BCUT2D eigenvalue weighted by Crippen LogP contribution is -2.42. The zero-order chi connectivity index (χ0) is 24.1. The first-order valence-electron chi connectivity index (χ1n) is 11.4. The van der Waals surface area contributed by atoms with Crippen molar-refractivity contribution in [3.63, 3.8) is 0 Å². The van der Waals surface area contributed by atoms with E-state index in [1.54, 1.807) is 6.20 Å². The first-order valence-corrected chi connectivity index (χ1v) is 13.0. The molecule has 6 rings (SSSR count). The number of carbonyl (C=O) groups is 2. The van der Waals surface area contributed by atoms with Gasteiger partial charge in [0.2, 0.25) is 5.91 Å². The average molecular weight is 549 g/mol. The van der Waals surface area contributed by atoms with Crippen LogP contribution in [0.3, 0.4) is 0 Å². The Morgan fingerprint density at radius 3 is 2.71 bits per heavy atom. The van der Waals surface area contributed by atoms with Crippen molar-refractivity contribution in [2.75, 3.05) is 18.4 Å². The molecule has 2 aliphatic rings. The van der Waals surface area contributed by atoms with Crippen LogP contribution in [0.2, 0.25) is 0 Å². The molecule has 176 valence electrons. The second kappa shape index (κ2) is 8.69. The van der Waals surface area contributed by atoms with Crippen molar-refractivity contribution in [3.05, 3.63) is 64.0 Å². The number of amides is 2. The maximum atomic E-state index is 12.7. The van der Waals surface area contributed by atoms with Crippen LogP contribution < -0.4 is 5.32 Å². The van der Waals surface area contributed by atoms with E-state index in [2.05, 4.69) is 31.2 Å². The van der Waals surface area contributed by atoms with E-state index < -0.39 is 0 Å². The summed E-state index contributed by atoms with van der Waals surface area (Å²) in [4.78, 5) is 36.2. The number of fused-ring (bicyclic) bond motifs is 3. The van der Waals surface area contributed by atoms with Crippen molar-refractivity contribution in [3.8, 4) is 27.5 Å². The van der Waals surface area contributed by atoms with Crippen LogP contribution in [0.25, 0.3) is 27.5 Å². The van der Waals surface area contributed by atoms with Gasteiger partial charge in [-0.2, -0.15) is 5.10 Å². The van der Waals surface area contributed by atoms with Crippen LogP contribution in [-0.2, 0) is 17.6 Å². The zero-order valence-corrected chi connectivity index (χ0v) is 21.3. The summed E-state index contributed by atoms with van der Waals surface area (Å²) in [5.74, 6) is -0.0992. The van der Waals surface area contributed by atoms with E-state index >= 15 is 0 Å². The molecule has 1 N–H and O–H groups in total. The molecule has 1 aromatic carbocycles. The molecule has 4 aromatic rings. The van der Waals surface area contributed by atoms with Crippen LogP contribution in [0.15, 0.2) is 47.2 Å². The lowest BCUT2D eigenvalue weighted by molar-refractivity contribution is -0.114. The number of anilines is 1. The predicted molar refractivity (Wildman–Crippen MR) is 138 cm³/mol. The summed E-state index contributed by atoms with van der Waals surface area (Å²) in [7, 11) is 0. The highest BCUT2D eigenvalue weighted by Crippen LogP contribution is 2.44. The fraction of sp³-hybridized carbons (Fsp3) is 0.240. The molecule has 8 nitrogen and oxygen atoms in total. The fourth-order valence-corrected chi connectivity index (χ4v) is 6.16. The smallest absolute Gasteiger partial charge is 0.253 e. The molecule has 0 atom stereocenters. The minimum Gasteiger partial charge on any atom is -0.339 e. The first-order chi connectivity index (χ1) is 17.0. The van der Waals surface area contributed by atoms with E-state index in [9.17, 15) is 9.59 Å². The largest absolute Gasteiger partial charge is 0.339 e. The third-order valence-electron chi connectivity index (χ3n) is 6.29. The van der Waals surface area contributed by atoms with Gasteiger partial charge in [-0.3, -0.25) is 14.6 Å². The van der Waals surface area contributed by atoms with Crippen LogP contribution in [0.4, 0.5) is 5.13 Å². The van der Waals surface area contributed by atoms with Gasteiger partial charge in [0.1, 0.15) is 0 Å². The van der Waals surface area contributed by atoms with Crippen LogP contribution in [0, 0.1) is 0 Å². The number of halogens is 1. The third-order valence-corrected chi connectivity index (χ3v) is 7.95. The number of nitrogens with zero attached hydrogens (tertiary/aromatic N) is 5. The lowest BCUT2D eigenvalue weighted by atomic mass is 9.95. The molecule has 4 heterocycles. The molecule has 1 aliphatic carbocycles. The Labute approximate surface area is 214 Å². The molecule has 0 unspecified atom stereocenters. The van der Waals surface area contributed by atoms with Gasteiger partial charge in [-0.05, 0) is 65.5 Å². The van der Waals surface area contributed by atoms with Crippen molar-refractivity contribution in [1.82, 2.24) is 24.6 Å². The molecule has 3 aromatic heterocycles. The number of hydrogen-bond donors (Lipinski definition) is 1. The minimum atomic E-state index is -0.147. The normalized spacial score (nSPS) is 14.2. The van der Waals surface area contributed by atoms with Crippen molar-refractivity contribution in [2.24, 2.45) is 0 Å². The van der Waals surface area contributed by atoms with E-state index in [1.807, 2.05) is 46.1 Å². The van der Waals surface area contributed by atoms with Gasteiger partial charge >= 0.3 is 0 Å². The van der Waals surface area contributed by atoms with Crippen molar-refractivity contribution in [2.45, 2.75) is 26.2 Å². The molecule has 1 aliphatic heterocycles. The van der Waals surface area contributed by atoms with Gasteiger partial charge in [0.25, 0.3) is 5.91 Å². The molecule has 0 bridgehead atoms. The topological polar surface area (TPSA) is 93.0 Å². The summed E-state index contributed by atoms with van der Waals surface area (Å²) >= 11 is 5.16. The van der Waals surface area contributed by atoms with E-state index in [0.29, 0.717) is 10.7 Å². The number of benzene rings is 1. The predicted octanol–water partition coefficient (Wildman–Crippen LogP) is 4.72. The van der Waals surface area contributed by atoms with E-state index in [0.717, 1.165) is 75.6 Å². The Kier molecular flexibility index (Phi) is 5.49. The second-order valence-corrected chi connectivity index (χ2v) is 10.5. The van der Waals surface area contributed by atoms with E-state index in [4.69, 9.17) is 5.10 Å². The van der Waals surface area contributed by atoms with Crippen LogP contribution in [0.1, 0.15) is 35.0 Å². The van der Waals surface area contributed by atoms with Crippen molar-refractivity contribution in [1.29, 1.82) is 0 Å². The molecule has 2 amide bonds. The molecule has 35 heavy (non-hydrogen) atoms. The van der Waals surface area contributed by atoms with Crippen molar-refractivity contribution >= 4 is 44.2 Å². The number of carbonyl (C=O) groups excluding carboxylic acids is 2. The maximum absolute atomic E-state index is 12.7. The number of hydrogen-bond acceptors (Lipinski definition) is 6. The third kappa shape index (κ3) is 3.86.